The third-order valence-electron chi connectivity index (χ3n) is 3.56. The lowest BCUT2D eigenvalue weighted by molar-refractivity contribution is -0.116. The molecule has 0 aliphatic heterocycles. The van der Waals surface area contributed by atoms with Crippen molar-refractivity contribution < 1.29 is 4.79 Å². The van der Waals surface area contributed by atoms with E-state index in [1.165, 1.54) is 6.42 Å². The third kappa shape index (κ3) is 6.06. The maximum atomic E-state index is 11.9. The number of hydrogen-bond acceptors (Lipinski definition) is 3. The van der Waals surface area contributed by atoms with Gasteiger partial charge >= 0.3 is 0 Å². The normalized spacial score (nSPS) is 12.4. The molecular weight excluding hydrogens is 250 g/mol. The highest BCUT2D eigenvalue weighted by atomic mass is 16.1. The lowest BCUT2D eigenvalue weighted by Crippen LogP contribution is -2.31. The molecule has 1 aromatic rings. The Morgan fingerprint density at radius 2 is 1.95 bits per heavy atom. The molecule has 1 aromatic carbocycles. The number of nitrogen functional groups attached to an aromatic ring is 1. The summed E-state index contributed by atoms with van der Waals surface area (Å²) in [5, 5.41) is 2.89. The van der Waals surface area contributed by atoms with E-state index in [9.17, 15) is 4.79 Å². The van der Waals surface area contributed by atoms with Gasteiger partial charge in [0, 0.05) is 30.9 Å². The Hall–Kier alpha value is -1.55. The number of amides is 1. The van der Waals surface area contributed by atoms with Gasteiger partial charge in [-0.15, -0.1) is 0 Å². The van der Waals surface area contributed by atoms with Crippen LogP contribution in [-0.2, 0) is 4.79 Å². The largest absolute Gasteiger partial charge is 0.399 e. The molecule has 0 heterocycles. The SMILES string of the molecule is CCC(C)CN(CC)CCC(=O)Nc1ccc(N)cc1. The molecule has 0 aliphatic carbocycles. The van der Waals surface area contributed by atoms with Crippen molar-refractivity contribution in [1.29, 1.82) is 0 Å². The second kappa shape index (κ2) is 8.59. The molecule has 4 heteroatoms. The van der Waals surface area contributed by atoms with Crippen molar-refractivity contribution in [2.24, 2.45) is 5.92 Å². The van der Waals surface area contributed by atoms with Gasteiger partial charge in [0.05, 0.1) is 0 Å². The van der Waals surface area contributed by atoms with Gasteiger partial charge in [0.25, 0.3) is 0 Å². The molecule has 1 amide bonds. The first-order valence-corrected chi connectivity index (χ1v) is 7.42. The summed E-state index contributed by atoms with van der Waals surface area (Å²) in [5.41, 5.74) is 7.12. The van der Waals surface area contributed by atoms with Gasteiger partial charge in [0.2, 0.25) is 5.91 Å². The van der Waals surface area contributed by atoms with E-state index in [-0.39, 0.29) is 5.91 Å². The first-order chi connectivity index (χ1) is 9.55. The quantitative estimate of drug-likeness (QED) is 0.718. The number of nitrogens with one attached hydrogen (secondary N) is 1. The van der Waals surface area contributed by atoms with Gasteiger partial charge in [-0.3, -0.25) is 4.79 Å². The topological polar surface area (TPSA) is 58.4 Å². The smallest absolute Gasteiger partial charge is 0.225 e. The Balaban J connectivity index is 2.36. The molecule has 3 N–H and O–H groups in total. The summed E-state index contributed by atoms with van der Waals surface area (Å²) >= 11 is 0. The second-order valence-corrected chi connectivity index (χ2v) is 5.33. The molecule has 112 valence electrons. The lowest BCUT2D eigenvalue weighted by atomic mass is 10.1. The summed E-state index contributed by atoms with van der Waals surface area (Å²) in [6.07, 6.45) is 1.70. The first kappa shape index (κ1) is 16.5. The molecule has 0 aliphatic rings. The predicted molar refractivity (Wildman–Crippen MR) is 85.7 cm³/mol. The monoisotopic (exact) mass is 277 g/mol. The number of anilines is 2. The van der Waals surface area contributed by atoms with Gasteiger partial charge in [-0.25, -0.2) is 0 Å². The molecule has 4 nitrogen and oxygen atoms in total. The van der Waals surface area contributed by atoms with Crippen molar-refractivity contribution in [2.45, 2.75) is 33.6 Å². The van der Waals surface area contributed by atoms with Crippen LogP contribution in [-0.4, -0.2) is 30.4 Å². The van der Waals surface area contributed by atoms with Crippen molar-refractivity contribution in [3.8, 4) is 0 Å². The highest BCUT2D eigenvalue weighted by Gasteiger charge is 2.09. The van der Waals surface area contributed by atoms with Gasteiger partial charge in [-0.1, -0.05) is 27.2 Å². The lowest BCUT2D eigenvalue weighted by Gasteiger charge is -2.23. The number of carbonyl (C=O) groups is 1. The minimum Gasteiger partial charge on any atom is -0.399 e. The molecule has 0 fully saturated rings. The predicted octanol–water partition coefficient (Wildman–Crippen LogP) is 2.97. The minimum atomic E-state index is 0.0531. The van der Waals surface area contributed by atoms with E-state index in [1.807, 2.05) is 12.1 Å². The molecular formula is C16H27N3O. The Kier molecular flexibility index (Phi) is 7.09. The molecule has 20 heavy (non-hydrogen) atoms. The average Bonchev–Trinajstić information content (AvgIpc) is 2.45. The highest BCUT2D eigenvalue weighted by molar-refractivity contribution is 5.90. The summed E-state index contributed by atoms with van der Waals surface area (Å²) in [4.78, 5) is 14.2. The third-order valence-corrected chi connectivity index (χ3v) is 3.56. The van der Waals surface area contributed by atoms with E-state index in [2.05, 4.69) is 31.0 Å². The van der Waals surface area contributed by atoms with Crippen molar-refractivity contribution in [3.05, 3.63) is 24.3 Å². The van der Waals surface area contributed by atoms with Crippen LogP contribution in [0.5, 0.6) is 0 Å². The Morgan fingerprint density at radius 1 is 1.30 bits per heavy atom. The summed E-state index contributed by atoms with van der Waals surface area (Å²) < 4.78 is 0. The van der Waals surface area contributed by atoms with E-state index in [0.717, 1.165) is 25.3 Å². The summed E-state index contributed by atoms with van der Waals surface area (Å²) in [7, 11) is 0. The van der Waals surface area contributed by atoms with Crippen molar-refractivity contribution >= 4 is 17.3 Å². The van der Waals surface area contributed by atoms with Crippen LogP contribution in [0.25, 0.3) is 0 Å². The van der Waals surface area contributed by atoms with Crippen LogP contribution in [0.15, 0.2) is 24.3 Å². The standard InChI is InChI=1S/C16H27N3O/c1-4-13(3)12-19(5-2)11-10-16(20)18-15-8-6-14(17)7-9-15/h6-9,13H,4-5,10-12,17H2,1-3H3,(H,18,20). The van der Waals surface area contributed by atoms with E-state index in [0.29, 0.717) is 18.0 Å². The molecule has 1 rings (SSSR count). The van der Waals surface area contributed by atoms with Crippen LogP contribution in [0.3, 0.4) is 0 Å². The fourth-order valence-electron chi connectivity index (χ4n) is 2.00. The van der Waals surface area contributed by atoms with E-state index in [4.69, 9.17) is 5.73 Å². The molecule has 0 spiro atoms. The van der Waals surface area contributed by atoms with Gasteiger partial charge in [0.15, 0.2) is 0 Å². The maximum absolute atomic E-state index is 11.9. The van der Waals surface area contributed by atoms with E-state index in [1.54, 1.807) is 12.1 Å². The van der Waals surface area contributed by atoms with Gasteiger partial charge < -0.3 is 16.0 Å². The van der Waals surface area contributed by atoms with Crippen LogP contribution in [0.1, 0.15) is 33.6 Å². The number of nitrogens with zero attached hydrogens (tertiary/aromatic N) is 1. The molecule has 0 aromatic heterocycles. The van der Waals surface area contributed by atoms with Crippen molar-refractivity contribution in [1.82, 2.24) is 4.90 Å². The summed E-state index contributed by atoms with van der Waals surface area (Å²) in [6.45, 7) is 9.44. The zero-order valence-electron chi connectivity index (χ0n) is 12.9. The van der Waals surface area contributed by atoms with Crippen molar-refractivity contribution in [2.75, 3.05) is 30.7 Å². The molecule has 0 bridgehead atoms. The molecule has 0 saturated heterocycles. The van der Waals surface area contributed by atoms with Crippen LogP contribution < -0.4 is 11.1 Å². The number of benzene rings is 1. The zero-order chi connectivity index (χ0) is 15.0. The summed E-state index contributed by atoms with van der Waals surface area (Å²) in [5.74, 6) is 0.729. The van der Waals surface area contributed by atoms with Gasteiger partial charge in [-0.05, 0) is 36.7 Å². The van der Waals surface area contributed by atoms with Crippen LogP contribution in [0.4, 0.5) is 11.4 Å². The number of rotatable bonds is 8. The Bertz CT molecular complexity index is 403. The molecule has 1 atom stereocenters. The fourth-order valence-corrected chi connectivity index (χ4v) is 2.00. The zero-order valence-corrected chi connectivity index (χ0v) is 12.9. The maximum Gasteiger partial charge on any atom is 0.225 e. The van der Waals surface area contributed by atoms with Gasteiger partial charge in [0.1, 0.15) is 0 Å². The van der Waals surface area contributed by atoms with Crippen LogP contribution in [0, 0.1) is 5.92 Å². The Labute approximate surface area is 122 Å². The van der Waals surface area contributed by atoms with E-state index >= 15 is 0 Å². The molecule has 1 unspecified atom stereocenters. The minimum absolute atomic E-state index is 0.0531. The molecule has 0 radical (unpaired) electrons. The number of hydrogen-bond donors (Lipinski definition) is 2. The fraction of sp³-hybridized carbons (Fsp3) is 0.562. The summed E-state index contributed by atoms with van der Waals surface area (Å²) in [6, 6.07) is 7.22. The van der Waals surface area contributed by atoms with Crippen LogP contribution in [0.2, 0.25) is 0 Å². The highest BCUT2D eigenvalue weighted by Crippen LogP contribution is 2.11. The van der Waals surface area contributed by atoms with Crippen LogP contribution >= 0.6 is 0 Å². The second-order valence-electron chi connectivity index (χ2n) is 5.33. The number of carbonyl (C=O) groups excluding carboxylic acids is 1. The molecule has 0 saturated carbocycles. The Morgan fingerprint density at radius 3 is 2.50 bits per heavy atom. The van der Waals surface area contributed by atoms with Crippen molar-refractivity contribution in [3.63, 3.8) is 0 Å². The van der Waals surface area contributed by atoms with E-state index < -0.39 is 0 Å². The number of nitrogens with two attached hydrogens (primary N) is 1. The average molecular weight is 277 g/mol. The first-order valence-electron chi connectivity index (χ1n) is 7.42. The van der Waals surface area contributed by atoms with Gasteiger partial charge in [-0.2, -0.15) is 0 Å².